The molecule has 0 bridgehead atoms. The van der Waals surface area contributed by atoms with Crippen molar-refractivity contribution in [1.82, 2.24) is 18.8 Å². The van der Waals surface area contributed by atoms with Gasteiger partial charge >= 0.3 is 0 Å². The number of H-pyrrole nitrogens is 1. The maximum Gasteiger partial charge on any atom is 0.282 e. The first-order valence-corrected chi connectivity index (χ1v) is 11.6. The molecule has 4 rings (SSSR count). The molecule has 0 saturated carbocycles. The zero-order valence-electron chi connectivity index (χ0n) is 16.1. The zero-order chi connectivity index (χ0) is 20.3. The Hall–Kier alpha value is -1.65. The molecule has 29 heavy (non-hydrogen) atoms. The summed E-state index contributed by atoms with van der Waals surface area (Å²) in [4.78, 5) is 0. The molecule has 1 atom stereocenters. The Morgan fingerprint density at radius 3 is 2.79 bits per heavy atom. The highest BCUT2D eigenvalue weighted by Crippen LogP contribution is 2.29. The lowest BCUT2D eigenvalue weighted by Gasteiger charge is -2.30. The third-order valence-electron chi connectivity index (χ3n) is 5.31. The molecule has 0 unspecified atom stereocenters. The normalized spacial score (nSPS) is 21.5. The summed E-state index contributed by atoms with van der Waals surface area (Å²) in [6.45, 7) is 3.20. The van der Waals surface area contributed by atoms with Crippen LogP contribution in [-0.4, -0.2) is 73.2 Å². The summed E-state index contributed by atoms with van der Waals surface area (Å²) < 4.78 is 39.7. The smallest absolute Gasteiger partial charge is 0.282 e. The molecule has 2 fully saturated rings. The Morgan fingerprint density at radius 1 is 1.21 bits per heavy atom. The number of ether oxygens (including phenoxy) is 2. The molecule has 0 radical (unpaired) electrons. The highest BCUT2D eigenvalue weighted by atomic mass is 35.5. The van der Waals surface area contributed by atoms with E-state index in [2.05, 4.69) is 10.2 Å². The molecular formula is C19H25ClN4O4S. The molecule has 3 heterocycles. The van der Waals surface area contributed by atoms with E-state index in [1.165, 1.54) is 4.31 Å². The molecule has 1 aromatic carbocycles. The van der Waals surface area contributed by atoms with E-state index in [4.69, 9.17) is 21.1 Å². The van der Waals surface area contributed by atoms with Gasteiger partial charge in [0.05, 0.1) is 30.5 Å². The van der Waals surface area contributed by atoms with Crippen LogP contribution in [0.25, 0.3) is 0 Å². The van der Waals surface area contributed by atoms with E-state index >= 15 is 0 Å². The number of aromatic nitrogens is 2. The van der Waals surface area contributed by atoms with Crippen LogP contribution in [0.5, 0.6) is 5.75 Å². The van der Waals surface area contributed by atoms with Crippen LogP contribution in [-0.2, 0) is 21.4 Å². The van der Waals surface area contributed by atoms with Crippen LogP contribution in [0.15, 0.2) is 30.3 Å². The molecule has 0 spiro atoms. The minimum atomic E-state index is -3.43. The second-order valence-electron chi connectivity index (χ2n) is 7.21. The number of para-hydroxylation sites is 1. The van der Waals surface area contributed by atoms with Crippen molar-refractivity contribution >= 4 is 21.8 Å². The molecule has 158 valence electrons. The van der Waals surface area contributed by atoms with Crippen LogP contribution in [0.1, 0.15) is 23.7 Å². The molecule has 2 saturated heterocycles. The molecule has 0 amide bonds. The lowest BCUT2D eigenvalue weighted by molar-refractivity contribution is 0.0705. The second-order valence-corrected chi connectivity index (χ2v) is 9.55. The van der Waals surface area contributed by atoms with Crippen LogP contribution in [0, 0.1) is 0 Å². The van der Waals surface area contributed by atoms with Crippen molar-refractivity contribution in [1.29, 1.82) is 0 Å². The van der Waals surface area contributed by atoms with Gasteiger partial charge in [-0.2, -0.15) is 22.1 Å². The van der Waals surface area contributed by atoms with Crippen molar-refractivity contribution in [3.8, 4) is 5.75 Å². The molecule has 2 aliphatic heterocycles. The number of benzene rings is 1. The number of halogens is 1. The van der Waals surface area contributed by atoms with Crippen molar-refractivity contribution in [2.24, 2.45) is 0 Å². The van der Waals surface area contributed by atoms with Crippen molar-refractivity contribution in [2.45, 2.75) is 18.8 Å². The van der Waals surface area contributed by atoms with E-state index in [0.717, 1.165) is 17.8 Å². The van der Waals surface area contributed by atoms with Gasteiger partial charge in [-0.3, -0.25) is 5.10 Å². The zero-order valence-corrected chi connectivity index (χ0v) is 17.7. The summed E-state index contributed by atoms with van der Waals surface area (Å²) in [6, 6.07) is 9.38. The van der Waals surface area contributed by atoms with E-state index in [0.29, 0.717) is 63.2 Å². The van der Waals surface area contributed by atoms with Crippen LogP contribution < -0.4 is 4.74 Å². The highest BCUT2D eigenvalue weighted by Gasteiger charge is 2.37. The van der Waals surface area contributed by atoms with Crippen LogP contribution in [0.3, 0.4) is 0 Å². The Kier molecular flexibility index (Phi) is 6.41. The Morgan fingerprint density at radius 2 is 2.00 bits per heavy atom. The number of hydrogen-bond acceptors (Lipinski definition) is 5. The molecule has 2 aromatic rings. The van der Waals surface area contributed by atoms with Gasteiger partial charge in [-0.1, -0.05) is 23.7 Å². The summed E-state index contributed by atoms with van der Waals surface area (Å²) in [5, 5.41) is 8.04. The van der Waals surface area contributed by atoms with Crippen molar-refractivity contribution in [3.05, 3.63) is 46.7 Å². The topological polar surface area (TPSA) is 87.8 Å². The van der Waals surface area contributed by atoms with Gasteiger partial charge in [0, 0.05) is 44.2 Å². The standard InChI is InChI=1S/C19H25ClN4O4S/c20-17-3-1-2-4-19(17)28-10-6-16-13-18(22-21-16)15-5-7-24(14-15)29(25,26)23-8-11-27-12-9-23/h1-4,13,15H,5-12,14H2,(H,21,22)/t15-/m0/s1. The number of hydrogen-bond donors (Lipinski definition) is 1. The number of nitrogens with one attached hydrogen (secondary N) is 1. The Bertz CT molecular complexity index is 930. The third kappa shape index (κ3) is 4.75. The largest absolute Gasteiger partial charge is 0.492 e. The molecular weight excluding hydrogens is 416 g/mol. The van der Waals surface area contributed by atoms with Gasteiger partial charge in [0.1, 0.15) is 5.75 Å². The first-order valence-electron chi connectivity index (χ1n) is 9.78. The number of aromatic amines is 1. The average Bonchev–Trinajstić information content (AvgIpc) is 3.40. The number of morpholine rings is 1. The van der Waals surface area contributed by atoms with E-state index in [1.807, 2.05) is 24.3 Å². The van der Waals surface area contributed by atoms with E-state index < -0.39 is 10.2 Å². The summed E-state index contributed by atoms with van der Waals surface area (Å²) in [5.74, 6) is 0.758. The van der Waals surface area contributed by atoms with E-state index in [9.17, 15) is 8.42 Å². The number of rotatable bonds is 7. The SMILES string of the molecule is O=S(=O)(N1CCOCC1)N1CC[C@H](c2cc(CCOc3ccccc3Cl)[nH]n2)C1. The van der Waals surface area contributed by atoms with E-state index in [-0.39, 0.29) is 5.92 Å². The Labute approximate surface area is 175 Å². The predicted octanol–water partition coefficient (Wildman–Crippen LogP) is 2.05. The van der Waals surface area contributed by atoms with Gasteiger partial charge in [0.15, 0.2) is 0 Å². The second kappa shape index (κ2) is 9.01. The average molecular weight is 441 g/mol. The first-order chi connectivity index (χ1) is 14.0. The minimum Gasteiger partial charge on any atom is -0.492 e. The summed E-state index contributed by atoms with van der Waals surface area (Å²) in [5.41, 5.74) is 1.86. The van der Waals surface area contributed by atoms with Gasteiger partial charge < -0.3 is 9.47 Å². The van der Waals surface area contributed by atoms with Gasteiger partial charge in [0.2, 0.25) is 0 Å². The monoisotopic (exact) mass is 440 g/mol. The van der Waals surface area contributed by atoms with Crippen molar-refractivity contribution in [3.63, 3.8) is 0 Å². The van der Waals surface area contributed by atoms with Gasteiger partial charge in [0.25, 0.3) is 10.2 Å². The summed E-state index contributed by atoms with van der Waals surface area (Å²) in [6.07, 6.45) is 1.44. The summed E-state index contributed by atoms with van der Waals surface area (Å²) >= 11 is 6.09. The summed E-state index contributed by atoms with van der Waals surface area (Å²) in [7, 11) is -3.43. The maximum absolute atomic E-state index is 12.8. The first kappa shape index (κ1) is 20.6. The fourth-order valence-electron chi connectivity index (χ4n) is 3.67. The van der Waals surface area contributed by atoms with Crippen LogP contribution in [0.4, 0.5) is 0 Å². The van der Waals surface area contributed by atoms with E-state index in [1.54, 1.807) is 10.4 Å². The lowest BCUT2D eigenvalue weighted by Crippen LogP contribution is -2.47. The molecule has 1 aromatic heterocycles. The molecule has 0 aliphatic carbocycles. The van der Waals surface area contributed by atoms with Gasteiger partial charge in [-0.05, 0) is 24.6 Å². The quantitative estimate of drug-likeness (QED) is 0.711. The third-order valence-corrected chi connectivity index (χ3v) is 7.62. The van der Waals surface area contributed by atoms with Crippen LogP contribution in [0.2, 0.25) is 5.02 Å². The Balaban J connectivity index is 1.31. The van der Waals surface area contributed by atoms with Crippen molar-refractivity contribution < 1.29 is 17.9 Å². The van der Waals surface area contributed by atoms with Gasteiger partial charge in [-0.15, -0.1) is 0 Å². The fourth-order valence-corrected chi connectivity index (χ4v) is 5.50. The lowest BCUT2D eigenvalue weighted by atomic mass is 10.0. The molecule has 1 N–H and O–H groups in total. The maximum atomic E-state index is 12.8. The van der Waals surface area contributed by atoms with Crippen molar-refractivity contribution in [2.75, 3.05) is 46.0 Å². The minimum absolute atomic E-state index is 0.0975. The predicted molar refractivity (Wildman–Crippen MR) is 109 cm³/mol. The van der Waals surface area contributed by atoms with Gasteiger partial charge in [-0.25, -0.2) is 0 Å². The fraction of sp³-hybridized carbons (Fsp3) is 0.526. The highest BCUT2D eigenvalue weighted by molar-refractivity contribution is 7.86. The molecule has 8 nitrogen and oxygen atoms in total. The number of nitrogens with zero attached hydrogens (tertiary/aromatic N) is 3. The molecule has 2 aliphatic rings. The van der Waals surface area contributed by atoms with Crippen LogP contribution >= 0.6 is 11.6 Å². The molecule has 10 heteroatoms.